The lowest BCUT2D eigenvalue weighted by Crippen LogP contribution is -2.29. The Bertz CT molecular complexity index is 1010. The van der Waals surface area contributed by atoms with Crippen LogP contribution < -0.4 is 10.5 Å². The van der Waals surface area contributed by atoms with E-state index < -0.39 is 0 Å². The van der Waals surface area contributed by atoms with Crippen LogP contribution in [0, 0.1) is 6.92 Å². The van der Waals surface area contributed by atoms with Gasteiger partial charge in [-0.25, -0.2) is 0 Å². The quantitative estimate of drug-likeness (QED) is 0.543. The number of thiophene rings is 1. The lowest BCUT2D eigenvalue weighted by atomic mass is 10.0. The van der Waals surface area contributed by atoms with E-state index in [0.717, 1.165) is 39.9 Å². The van der Waals surface area contributed by atoms with E-state index in [1.165, 1.54) is 4.88 Å². The van der Waals surface area contributed by atoms with Crippen LogP contribution in [-0.2, 0) is 6.42 Å². The summed E-state index contributed by atoms with van der Waals surface area (Å²) in [6, 6.07) is 12.3. The molecule has 0 fully saturated rings. The first-order valence-corrected chi connectivity index (χ1v) is 9.38. The number of aromatic nitrogens is 3. The van der Waals surface area contributed by atoms with E-state index in [-0.39, 0.29) is 6.04 Å². The second kappa shape index (κ2) is 7.27. The van der Waals surface area contributed by atoms with Crippen LogP contribution in [0.5, 0.6) is 5.75 Å². The lowest BCUT2D eigenvalue weighted by Gasteiger charge is -2.13. The molecule has 132 valence electrons. The topological polar surface area (TPSA) is 76.8 Å². The van der Waals surface area contributed by atoms with Crippen molar-refractivity contribution < 1.29 is 4.74 Å². The maximum absolute atomic E-state index is 6.18. The maximum atomic E-state index is 6.18. The average molecular weight is 364 g/mol. The smallest absolute Gasteiger partial charge is 0.138 e. The molecule has 6 heteroatoms. The van der Waals surface area contributed by atoms with Crippen molar-refractivity contribution in [3.63, 3.8) is 0 Å². The third-order valence-corrected chi connectivity index (χ3v) is 5.21. The first-order chi connectivity index (χ1) is 12.7. The van der Waals surface area contributed by atoms with Crippen LogP contribution in [-0.4, -0.2) is 27.8 Å². The second-order valence-corrected chi connectivity index (χ2v) is 7.37. The summed E-state index contributed by atoms with van der Waals surface area (Å²) >= 11 is 1.72. The average Bonchev–Trinajstić information content (AvgIpc) is 3.30. The summed E-state index contributed by atoms with van der Waals surface area (Å²) in [5.41, 5.74) is 10.3. The van der Waals surface area contributed by atoms with E-state index in [2.05, 4.69) is 38.8 Å². The number of hydrogen-bond acceptors (Lipinski definition) is 5. The molecule has 3 N–H and O–H groups in total. The molecule has 0 aliphatic heterocycles. The van der Waals surface area contributed by atoms with Gasteiger partial charge in [0.25, 0.3) is 0 Å². The van der Waals surface area contributed by atoms with Gasteiger partial charge in [-0.15, -0.1) is 11.3 Å². The number of ether oxygens (including phenoxy) is 1. The number of fused-ring (bicyclic) bond motifs is 1. The number of pyridine rings is 1. The van der Waals surface area contributed by atoms with E-state index in [0.29, 0.717) is 6.61 Å². The van der Waals surface area contributed by atoms with Crippen molar-refractivity contribution in [2.24, 2.45) is 5.73 Å². The molecular formula is C20H20N4OS. The predicted molar refractivity (Wildman–Crippen MR) is 106 cm³/mol. The molecule has 26 heavy (non-hydrogen) atoms. The van der Waals surface area contributed by atoms with Crippen LogP contribution in [0.15, 0.2) is 54.2 Å². The molecule has 1 atom stereocenters. The standard InChI is InChI=1S/C20H20N4OS/c1-13-19-8-14(4-5-20(19)24-23-13)15-7-17(11-22-10-15)25-12-16(21)9-18-3-2-6-26-18/h2-8,10-11,16H,9,12,21H2,1H3,(H,23,24)/t16-/m0/s1. The molecule has 3 aromatic heterocycles. The Hall–Kier alpha value is -2.70. The van der Waals surface area contributed by atoms with E-state index in [1.54, 1.807) is 17.5 Å². The highest BCUT2D eigenvalue weighted by atomic mass is 32.1. The zero-order valence-electron chi connectivity index (χ0n) is 14.5. The van der Waals surface area contributed by atoms with Gasteiger partial charge in [-0.3, -0.25) is 10.1 Å². The summed E-state index contributed by atoms with van der Waals surface area (Å²) < 4.78 is 5.87. The normalized spacial score (nSPS) is 12.4. The molecule has 0 bridgehead atoms. The zero-order valence-corrected chi connectivity index (χ0v) is 15.3. The van der Waals surface area contributed by atoms with Crippen molar-refractivity contribution >= 4 is 22.2 Å². The summed E-state index contributed by atoms with van der Waals surface area (Å²) in [6.45, 7) is 2.46. The molecule has 0 saturated carbocycles. The number of aromatic amines is 1. The van der Waals surface area contributed by atoms with Gasteiger partial charge < -0.3 is 10.5 Å². The molecule has 0 aliphatic carbocycles. The Morgan fingerprint density at radius 3 is 2.96 bits per heavy atom. The molecule has 0 spiro atoms. The number of aryl methyl sites for hydroxylation is 1. The van der Waals surface area contributed by atoms with E-state index in [1.807, 2.05) is 31.3 Å². The van der Waals surface area contributed by atoms with Crippen molar-refractivity contribution in [1.82, 2.24) is 15.2 Å². The minimum Gasteiger partial charge on any atom is -0.490 e. The van der Waals surface area contributed by atoms with Gasteiger partial charge in [0.05, 0.1) is 17.4 Å². The largest absolute Gasteiger partial charge is 0.490 e. The molecule has 0 aliphatic rings. The Kier molecular flexibility index (Phi) is 4.69. The molecule has 0 saturated heterocycles. The molecule has 3 heterocycles. The summed E-state index contributed by atoms with van der Waals surface area (Å²) in [5.74, 6) is 0.730. The molecule has 4 rings (SSSR count). The van der Waals surface area contributed by atoms with Crippen molar-refractivity contribution in [3.8, 4) is 16.9 Å². The van der Waals surface area contributed by atoms with Crippen LogP contribution in [0.1, 0.15) is 10.6 Å². The van der Waals surface area contributed by atoms with Crippen LogP contribution in [0.2, 0.25) is 0 Å². The molecule has 0 unspecified atom stereocenters. The van der Waals surface area contributed by atoms with Gasteiger partial charge in [-0.05, 0) is 42.1 Å². The highest BCUT2D eigenvalue weighted by molar-refractivity contribution is 7.09. The molecular weight excluding hydrogens is 344 g/mol. The fourth-order valence-electron chi connectivity index (χ4n) is 2.93. The molecule has 0 amide bonds. The Balaban J connectivity index is 1.48. The fraction of sp³-hybridized carbons (Fsp3) is 0.200. The zero-order chi connectivity index (χ0) is 17.9. The van der Waals surface area contributed by atoms with Crippen molar-refractivity contribution in [2.75, 3.05) is 6.61 Å². The van der Waals surface area contributed by atoms with E-state index in [4.69, 9.17) is 10.5 Å². The Labute approximate surface area is 155 Å². The third-order valence-electron chi connectivity index (χ3n) is 4.31. The fourth-order valence-corrected chi connectivity index (χ4v) is 3.73. The SMILES string of the molecule is Cc1n[nH]c2ccc(-c3cncc(OC[C@@H](N)Cc4cccs4)c3)cc12. The van der Waals surface area contributed by atoms with Crippen LogP contribution >= 0.6 is 11.3 Å². The molecule has 4 aromatic rings. The van der Waals surface area contributed by atoms with Crippen LogP contribution in [0.4, 0.5) is 0 Å². The summed E-state index contributed by atoms with van der Waals surface area (Å²) in [4.78, 5) is 5.59. The van der Waals surface area contributed by atoms with Gasteiger partial charge in [0.15, 0.2) is 0 Å². The Morgan fingerprint density at radius 1 is 1.19 bits per heavy atom. The van der Waals surface area contributed by atoms with Crippen LogP contribution in [0.25, 0.3) is 22.0 Å². The number of nitrogens with zero attached hydrogens (tertiary/aromatic N) is 2. The molecule has 5 nitrogen and oxygen atoms in total. The predicted octanol–water partition coefficient (Wildman–Crippen LogP) is 3.94. The molecule has 1 aromatic carbocycles. The number of nitrogens with two attached hydrogens (primary N) is 1. The molecule has 0 radical (unpaired) electrons. The number of benzene rings is 1. The number of rotatable bonds is 6. The minimum absolute atomic E-state index is 0.0396. The first-order valence-electron chi connectivity index (χ1n) is 8.50. The maximum Gasteiger partial charge on any atom is 0.138 e. The van der Waals surface area contributed by atoms with E-state index >= 15 is 0 Å². The van der Waals surface area contributed by atoms with Gasteiger partial charge in [0.1, 0.15) is 12.4 Å². The van der Waals surface area contributed by atoms with Crippen molar-refractivity contribution in [1.29, 1.82) is 0 Å². The Morgan fingerprint density at radius 2 is 2.12 bits per heavy atom. The third kappa shape index (κ3) is 3.61. The van der Waals surface area contributed by atoms with Gasteiger partial charge in [0.2, 0.25) is 0 Å². The number of hydrogen-bond donors (Lipinski definition) is 2. The van der Waals surface area contributed by atoms with Gasteiger partial charge in [-0.1, -0.05) is 12.1 Å². The monoisotopic (exact) mass is 364 g/mol. The summed E-state index contributed by atoms with van der Waals surface area (Å²) in [7, 11) is 0. The lowest BCUT2D eigenvalue weighted by molar-refractivity contribution is 0.287. The van der Waals surface area contributed by atoms with Gasteiger partial charge in [0, 0.05) is 34.5 Å². The van der Waals surface area contributed by atoms with Gasteiger partial charge in [-0.2, -0.15) is 5.10 Å². The second-order valence-electron chi connectivity index (χ2n) is 6.33. The van der Waals surface area contributed by atoms with Crippen LogP contribution in [0.3, 0.4) is 0 Å². The first kappa shape index (κ1) is 16.8. The minimum atomic E-state index is -0.0396. The number of H-pyrrole nitrogens is 1. The van der Waals surface area contributed by atoms with E-state index in [9.17, 15) is 0 Å². The summed E-state index contributed by atoms with van der Waals surface area (Å²) in [6.07, 6.45) is 4.39. The van der Waals surface area contributed by atoms with Crippen molar-refractivity contribution in [2.45, 2.75) is 19.4 Å². The number of nitrogens with one attached hydrogen (secondary N) is 1. The highest BCUT2D eigenvalue weighted by Gasteiger charge is 2.08. The van der Waals surface area contributed by atoms with Gasteiger partial charge >= 0.3 is 0 Å². The van der Waals surface area contributed by atoms with Crippen molar-refractivity contribution in [3.05, 3.63) is 64.7 Å². The summed E-state index contributed by atoms with van der Waals surface area (Å²) in [5, 5.41) is 10.5. The highest BCUT2D eigenvalue weighted by Crippen LogP contribution is 2.27.